The van der Waals surface area contributed by atoms with Crippen LogP contribution in [0, 0.1) is 17.0 Å². The number of carbonyl (C=O) groups excluding carboxylic acids is 10. The minimum atomic E-state index is -1.88. The Balaban J connectivity index is 1.37. The summed E-state index contributed by atoms with van der Waals surface area (Å²) in [6.07, 6.45) is 2.28. The number of halogens is 2. The van der Waals surface area contributed by atoms with Crippen LogP contribution in [-0.2, 0) is 70.5 Å². The molecule has 440 valence electrons. The number of benzene rings is 2. The third-order valence-electron chi connectivity index (χ3n) is 12.9. The van der Waals surface area contributed by atoms with Crippen molar-refractivity contribution in [3.05, 3.63) is 114 Å². The first kappa shape index (κ1) is 63.9. The molecule has 1 fully saturated rings. The zero-order chi connectivity index (χ0) is 60.3. The van der Waals surface area contributed by atoms with Gasteiger partial charge in [-0.3, -0.25) is 52.9 Å². The number of pyridine rings is 1. The van der Waals surface area contributed by atoms with Crippen molar-refractivity contribution in [3.8, 4) is 11.1 Å². The number of rotatable bonds is 29. The van der Waals surface area contributed by atoms with Gasteiger partial charge in [0.2, 0.25) is 41.4 Å². The topological polar surface area (TPSA) is 334 Å². The molecule has 0 radical (unpaired) electrons. The normalized spacial score (nSPS) is 14.1. The molecular formula is C56H68F2N10O14. The first-order valence-corrected chi connectivity index (χ1v) is 26.4. The van der Waals surface area contributed by atoms with Crippen molar-refractivity contribution >= 4 is 65.1 Å². The molecule has 82 heavy (non-hydrogen) atoms. The number of imide groups is 1. The lowest BCUT2D eigenvalue weighted by Gasteiger charge is -2.41. The molecule has 26 heteroatoms. The molecule has 4 aromatic rings. The SMILES string of the molecule is C[C@H](NC(=O)Cc1ccncc1)C(=O)N[C@H](C)C(=O)N[C@@H](CC(=O)O)C(=O)N[C@@H](CCN(C(=O)CO)[C@@H](c1cc(-c2cc(F)ccc2F)cn1Cc1ccccc1)C(C)(C)C)C(=O)NCCNC(=O)CCCC(=O)ON1C(=O)CCC1=O. The lowest BCUT2D eigenvalue weighted by Crippen LogP contribution is -2.58. The van der Waals surface area contributed by atoms with Crippen molar-refractivity contribution in [2.75, 3.05) is 26.2 Å². The van der Waals surface area contributed by atoms with E-state index in [0.29, 0.717) is 16.3 Å². The Morgan fingerprint density at radius 3 is 2.02 bits per heavy atom. The summed E-state index contributed by atoms with van der Waals surface area (Å²) in [5.74, 6) is -11.1. The molecule has 2 aromatic carbocycles. The van der Waals surface area contributed by atoms with E-state index in [0.717, 1.165) is 23.8 Å². The van der Waals surface area contributed by atoms with Crippen LogP contribution in [0.3, 0.4) is 0 Å². The second kappa shape index (κ2) is 30.0. The summed E-state index contributed by atoms with van der Waals surface area (Å²) in [4.78, 5) is 152. The van der Waals surface area contributed by atoms with E-state index >= 15 is 4.39 Å². The molecule has 0 spiro atoms. The van der Waals surface area contributed by atoms with E-state index in [9.17, 15) is 67.3 Å². The Morgan fingerprint density at radius 2 is 1.38 bits per heavy atom. The highest BCUT2D eigenvalue weighted by molar-refractivity contribution is 6.01. The minimum Gasteiger partial charge on any atom is -0.481 e. The number of carbonyl (C=O) groups is 11. The highest BCUT2D eigenvalue weighted by atomic mass is 19.1. The van der Waals surface area contributed by atoms with Crippen molar-refractivity contribution in [1.29, 1.82) is 0 Å². The van der Waals surface area contributed by atoms with Crippen LogP contribution in [-0.4, -0.2) is 145 Å². The number of amides is 9. The van der Waals surface area contributed by atoms with Crippen molar-refractivity contribution in [2.24, 2.45) is 5.41 Å². The summed E-state index contributed by atoms with van der Waals surface area (Å²) in [6, 6.07) is 9.79. The van der Waals surface area contributed by atoms with Gasteiger partial charge in [-0.15, -0.1) is 5.06 Å². The second-order valence-corrected chi connectivity index (χ2v) is 20.5. The van der Waals surface area contributed by atoms with E-state index in [1.165, 1.54) is 31.1 Å². The van der Waals surface area contributed by atoms with Gasteiger partial charge in [-0.25, -0.2) is 13.6 Å². The van der Waals surface area contributed by atoms with Gasteiger partial charge in [0.05, 0.1) is 18.9 Å². The zero-order valence-corrected chi connectivity index (χ0v) is 46.0. The van der Waals surface area contributed by atoms with E-state index in [1.54, 1.807) is 61.9 Å². The molecule has 0 aliphatic carbocycles. The summed E-state index contributed by atoms with van der Waals surface area (Å²) < 4.78 is 31.8. The molecule has 24 nitrogen and oxygen atoms in total. The zero-order valence-electron chi connectivity index (χ0n) is 46.0. The van der Waals surface area contributed by atoms with Gasteiger partial charge in [-0.2, -0.15) is 0 Å². The number of hydroxylamine groups is 2. The van der Waals surface area contributed by atoms with E-state index in [2.05, 4.69) is 36.9 Å². The third kappa shape index (κ3) is 19.1. The van der Waals surface area contributed by atoms with E-state index in [-0.39, 0.29) is 69.3 Å². The smallest absolute Gasteiger partial charge is 0.333 e. The quantitative estimate of drug-likeness (QED) is 0.0284. The minimum absolute atomic E-state index is 0.0376. The lowest BCUT2D eigenvalue weighted by atomic mass is 9.82. The molecule has 0 unspecified atom stereocenters. The molecule has 0 bridgehead atoms. The molecule has 2 aromatic heterocycles. The standard InChI is InChI=1S/C56H68F2N10O14/c1-33(62-45(71)26-35-18-21-59-22-19-35)52(78)63-34(2)53(79)65-42(29-49(75)76)55(81)64-41(54(80)61-24-23-60-44(70)12-9-13-50(77)82-68-46(72)16-17-47(68)73)20-25-67(48(74)32-69)51(56(3,4)5)43-27-37(39-28-38(57)14-15-40(39)58)31-66(43)30-36-10-7-6-8-11-36/h6-8,10-11,14-15,18-19,21-22,27-28,31,33-34,41-42,51,69H,9,12-13,16-17,20,23-26,29-30,32H2,1-5H3,(H,60,70)(H,61,80)(H,62,71)(H,63,78)(H,64,81)(H,65,79)(H,75,76)/t33-,34+,41-,42-,51-/m0/s1. The van der Waals surface area contributed by atoms with Crippen LogP contribution >= 0.6 is 0 Å². The maximum atomic E-state index is 15.4. The highest BCUT2D eigenvalue weighted by Crippen LogP contribution is 2.41. The third-order valence-corrected chi connectivity index (χ3v) is 12.9. The van der Waals surface area contributed by atoms with Gasteiger partial charge < -0.3 is 56.4 Å². The Bertz CT molecular complexity index is 2960. The second-order valence-electron chi connectivity index (χ2n) is 20.5. The van der Waals surface area contributed by atoms with E-state index in [4.69, 9.17) is 4.84 Å². The van der Waals surface area contributed by atoms with Crippen LogP contribution < -0.4 is 31.9 Å². The Labute approximate surface area is 471 Å². The molecule has 1 aliphatic heterocycles. The molecule has 0 saturated carbocycles. The van der Waals surface area contributed by atoms with Gasteiger partial charge in [0.25, 0.3) is 11.8 Å². The average molecular weight is 1140 g/mol. The molecule has 5 rings (SSSR count). The molecular weight excluding hydrogens is 1070 g/mol. The fourth-order valence-corrected chi connectivity index (χ4v) is 8.84. The summed E-state index contributed by atoms with van der Waals surface area (Å²) >= 11 is 0. The van der Waals surface area contributed by atoms with E-state index in [1.807, 2.05) is 18.2 Å². The van der Waals surface area contributed by atoms with Crippen LogP contribution in [0.5, 0.6) is 0 Å². The van der Waals surface area contributed by atoms with Gasteiger partial charge >= 0.3 is 11.9 Å². The molecule has 8 N–H and O–H groups in total. The first-order chi connectivity index (χ1) is 38.8. The van der Waals surface area contributed by atoms with Crippen molar-refractivity contribution in [1.82, 2.24) is 51.4 Å². The fraction of sp³-hybridized carbons (Fsp3) is 0.429. The summed E-state index contributed by atoms with van der Waals surface area (Å²) in [5, 5.41) is 35.6. The van der Waals surface area contributed by atoms with Crippen molar-refractivity contribution in [2.45, 2.75) is 123 Å². The number of aliphatic hydroxyl groups is 1. The summed E-state index contributed by atoms with van der Waals surface area (Å²) in [7, 11) is 0. The Kier molecular flexibility index (Phi) is 23.4. The number of carboxylic acid groups (broad SMARTS) is 1. The van der Waals surface area contributed by atoms with Crippen LogP contribution in [0.15, 0.2) is 85.3 Å². The summed E-state index contributed by atoms with van der Waals surface area (Å²) in [5.41, 5.74) is 1.06. The summed E-state index contributed by atoms with van der Waals surface area (Å²) in [6.45, 7) is 6.21. The Morgan fingerprint density at radius 1 is 0.744 bits per heavy atom. The highest BCUT2D eigenvalue weighted by Gasteiger charge is 2.39. The molecule has 3 heterocycles. The lowest BCUT2D eigenvalue weighted by molar-refractivity contribution is -0.197. The predicted octanol–water partition coefficient (Wildman–Crippen LogP) is 1.88. The molecule has 5 atom stereocenters. The van der Waals surface area contributed by atoms with E-state index < -0.39 is 138 Å². The fourth-order valence-electron chi connectivity index (χ4n) is 8.84. The largest absolute Gasteiger partial charge is 0.481 e. The number of carboxylic acids is 1. The number of nitrogens with zero attached hydrogens (tertiary/aromatic N) is 4. The monoisotopic (exact) mass is 1140 g/mol. The Hall–Kier alpha value is -8.94. The van der Waals surface area contributed by atoms with Gasteiger partial charge in [-0.1, -0.05) is 51.1 Å². The van der Waals surface area contributed by atoms with Crippen molar-refractivity contribution < 1.29 is 76.6 Å². The number of aromatic nitrogens is 2. The number of hydrogen-bond donors (Lipinski definition) is 8. The maximum absolute atomic E-state index is 15.4. The molecule has 1 saturated heterocycles. The molecule has 1 aliphatic rings. The first-order valence-electron chi connectivity index (χ1n) is 26.4. The van der Waals surface area contributed by atoms with Crippen LogP contribution in [0.4, 0.5) is 8.78 Å². The van der Waals surface area contributed by atoms with Crippen LogP contribution in [0.25, 0.3) is 11.1 Å². The van der Waals surface area contributed by atoms with Gasteiger partial charge in [0, 0.05) is 87.3 Å². The van der Waals surface area contributed by atoms with Crippen molar-refractivity contribution in [3.63, 3.8) is 0 Å². The van der Waals surface area contributed by atoms with Gasteiger partial charge in [0.15, 0.2) is 0 Å². The van der Waals surface area contributed by atoms with Gasteiger partial charge in [-0.05, 0) is 79.6 Å². The maximum Gasteiger partial charge on any atom is 0.333 e. The van der Waals surface area contributed by atoms with Crippen LogP contribution in [0.2, 0.25) is 0 Å². The predicted molar refractivity (Wildman–Crippen MR) is 287 cm³/mol. The number of hydrogen-bond acceptors (Lipinski definition) is 14. The van der Waals surface area contributed by atoms with Crippen LogP contribution in [0.1, 0.15) is 102 Å². The molecule has 9 amide bonds. The number of nitrogens with one attached hydrogen (secondary N) is 6. The average Bonchev–Trinajstić information content (AvgIpc) is 4.21. The number of aliphatic carboxylic acids is 1. The number of aliphatic hydroxyl groups excluding tert-OH is 1. The van der Waals surface area contributed by atoms with Gasteiger partial charge in [0.1, 0.15) is 42.4 Å².